The minimum Gasteiger partial charge on any atom is -0.493 e. The van der Waals surface area contributed by atoms with Crippen molar-refractivity contribution in [2.24, 2.45) is 0 Å². The maximum Gasteiger partial charge on any atom is 0.247 e. The van der Waals surface area contributed by atoms with Gasteiger partial charge in [0.15, 0.2) is 11.5 Å². The zero-order valence-electron chi connectivity index (χ0n) is 20.5. The molecule has 3 aromatic rings. The van der Waals surface area contributed by atoms with Crippen molar-refractivity contribution in [1.82, 2.24) is 30.4 Å². The predicted octanol–water partition coefficient (Wildman–Crippen LogP) is 2.13. The molecule has 1 fully saturated rings. The molecule has 0 radical (unpaired) electrons. The zero-order chi connectivity index (χ0) is 25.5. The average Bonchev–Trinajstić information content (AvgIpc) is 3.68. The molecule has 1 aliphatic rings. The summed E-state index contributed by atoms with van der Waals surface area (Å²) in [5.41, 5.74) is 0.670. The van der Waals surface area contributed by atoms with Crippen molar-refractivity contribution < 1.29 is 23.8 Å². The molecule has 0 spiro atoms. The van der Waals surface area contributed by atoms with Crippen LogP contribution in [-0.2, 0) is 27.4 Å². The highest BCUT2D eigenvalue weighted by Gasteiger charge is 2.28. The summed E-state index contributed by atoms with van der Waals surface area (Å²) in [7, 11) is 3.11. The number of benzene rings is 1. The molecule has 0 aliphatic carbocycles. The summed E-state index contributed by atoms with van der Waals surface area (Å²) < 4.78 is 16.2. The second-order valence-corrected chi connectivity index (χ2v) is 9.40. The van der Waals surface area contributed by atoms with Crippen LogP contribution >= 0.6 is 11.3 Å². The van der Waals surface area contributed by atoms with Gasteiger partial charge < -0.3 is 24.4 Å². The van der Waals surface area contributed by atoms with E-state index in [2.05, 4.69) is 20.7 Å². The van der Waals surface area contributed by atoms with Crippen molar-refractivity contribution in [2.75, 3.05) is 27.4 Å². The first-order valence-electron chi connectivity index (χ1n) is 11.7. The van der Waals surface area contributed by atoms with E-state index in [-0.39, 0.29) is 24.5 Å². The maximum absolute atomic E-state index is 13.3. The quantitative estimate of drug-likeness (QED) is 0.413. The first kappa shape index (κ1) is 25.6. The Morgan fingerprint density at radius 1 is 1.28 bits per heavy atom. The molecule has 2 amide bonds. The van der Waals surface area contributed by atoms with Gasteiger partial charge in [0.05, 0.1) is 26.9 Å². The molecule has 12 heteroatoms. The smallest absolute Gasteiger partial charge is 0.247 e. The summed E-state index contributed by atoms with van der Waals surface area (Å²) in [6, 6.07) is 8.44. The molecule has 2 unspecified atom stereocenters. The van der Waals surface area contributed by atoms with Gasteiger partial charge in [-0.1, -0.05) is 6.07 Å². The van der Waals surface area contributed by atoms with Gasteiger partial charge in [-0.25, -0.2) is 0 Å². The van der Waals surface area contributed by atoms with E-state index in [0.29, 0.717) is 36.0 Å². The van der Waals surface area contributed by atoms with Gasteiger partial charge in [0, 0.05) is 23.6 Å². The number of hydrogen-bond donors (Lipinski definition) is 1. The number of nitrogens with one attached hydrogen (secondary N) is 1. The maximum atomic E-state index is 13.3. The Morgan fingerprint density at radius 2 is 2.11 bits per heavy atom. The SMILES string of the molecule is COc1ccc(-c2nnn(CC(=O)N(Cc3cccs3)C(C)C(=O)NCC3CCCO3)n2)cc1OC. The lowest BCUT2D eigenvalue weighted by atomic mass is 10.2. The molecule has 1 saturated heterocycles. The molecular formula is C24H30N6O5S. The molecule has 192 valence electrons. The van der Waals surface area contributed by atoms with Crippen LogP contribution in [0.15, 0.2) is 35.7 Å². The van der Waals surface area contributed by atoms with Gasteiger partial charge >= 0.3 is 0 Å². The third-order valence-corrected chi connectivity index (χ3v) is 6.83. The molecule has 1 N–H and O–H groups in total. The fourth-order valence-electron chi connectivity index (χ4n) is 3.93. The van der Waals surface area contributed by atoms with Crippen LogP contribution in [0.4, 0.5) is 0 Å². The van der Waals surface area contributed by atoms with Crippen molar-refractivity contribution in [3.63, 3.8) is 0 Å². The van der Waals surface area contributed by atoms with E-state index >= 15 is 0 Å². The molecule has 3 heterocycles. The van der Waals surface area contributed by atoms with E-state index < -0.39 is 6.04 Å². The normalized spacial score (nSPS) is 15.9. The van der Waals surface area contributed by atoms with Gasteiger partial charge in [0.1, 0.15) is 12.6 Å². The number of hydrogen-bond acceptors (Lipinski definition) is 9. The fourth-order valence-corrected chi connectivity index (χ4v) is 4.64. The summed E-state index contributed by atoms with van der Waals surface area (Å²) in [6.45, 7) is 3.02. The third kappa shape index (κ3) is 6.18. The Bertz CT molecular complexity index is 1160. The van der Waals surface area contributed by atoms with Gasteiger partial charge in [-0.15, -0.1) is 21.5 Å². The highest BCUT2D eigenvalue weighted by Crippen LogP contribution is 2.30. The number of rotatable bonds is 11. The molecule has 0 saturated carbocycles. The molecule has 11 nitrogen and oxygen atoms in total. The van der Waals surface area contributed by atoms with Crippen LogP contribution in [0.2, 0.25) is 0 Å². The zero-order valence-corrected chi connectivity index (χ0v) is 21.4. The molecule has 0 bridgehead atoms. The van der Waals surface area contributed by atoms with E-state index in [4.69, 9.17) is 14.2 Å². The van der Waals surface area contributed by atoms with Gasteiger partial charge in [-0.05, 0) is 54.6 Å². The van der Waals surface area contributed by atoms with Crippen molar-refractivity contribution in [2.45, 2.75) is 45.0 Å². The van der Waals surface area contributed by atoms with Crippen molar-refractivity contribution >= 4 is 23.2 Å². The van der Waals surface area contributed by atoms with Crippen LogP contribution in [0.3, 0.4) is 0 Å². The second-order valence-electron chi connectivity index (χ2n) is 8.37. The molecule has 1 aromatic carbocycles. The van der Waals surface area contributed by atoms with Gasteiger partial charge in [0.2, 0.25) is 17.6 Å². The van der Waals surface area contributed by atoms with Crippen LogP contribution in [0.25, 0.3) is 11.4 Å². The number of carbonyl (C=O) groups excluding carboxylic acids is 2. The van der Waals surface area contributed by atoms with Crippen LogP contribution in [-0.4, -0.2) is 76.4 Å². The Balaban J connectivity index is 1.46. The van der Waals surface area contributed by atoms with Crippen LogP contribution in [0.1, 0.15) is 24.6 Å². The summed E-state index contributed by atoms with van der Waals surface area (Å²) in [5, 5.41) is 17.3. The number of nitrogens with zero attached hydrogens (tertiary/aromatic N) is 5. The average molecular weight is 515 g/mol. The lowest BCUT2D eigenvalue weighted by Gasteiger charge is -2.28. The Labute approximate surface area is 213 Å². The van der Waals surface area contributed by atoms with Gasteiger partial charge in [-0.3, -0.25) is 9.59 Å². The standard InChI is InChI=1S/C24H30N6O5S/c1-16(24(32)25-13-18-6-4-10-35-18)29(14-19-7-5-11-36-19)22(31)15-30-27-23(26-28-30)17-8-9-20(33-2)21(12-17)34-3/h5,7-9,11-12,16,18H,4,6,10,13-15H2,1-3H3,(H,25,32). The molecule has 36 heavy (non-hydrogen) atoms. The van der Waals surface area contributed by atoms with Crippen molar-refractivity contribution in [1.29, 1.82) is 0 Å². The van der Waals surface area contributed by atoms with E-state index in [0.717, 1.165) is 24.3 Å². The molecule has 2 aromatic heterocycles. The van der Waals surface area contributed by atoms with E-state index in [1.165, 1.54) is 21.0 Å². The molecular weight excluding hydrogens is 484 g/mol. The highest BCUT2D eigenvalue weighted by atomic mass is 32.1. The second kappa shape index (κ2) is 12.0. The summed E-state index contributed by atoms with van der Waals surface area (Å²) in [6.07, 6.45) is 1.94. The van der Waals surface area contributed by atoms with E-state index in [9.17, 15) is 9.59 Å². The lowest BCUT2D eigenvalue weighted by molar-refractivity contribution is -0.141. The number of tetrazole rings is 1. The number of thiophene rings is 1. The van der Waals surface area contributed by atoms with Crippen molar-refractivity contribution in [3.8, 4) is 22.9 Å². The van der Waals surface area contributed by atoms with Crippen molar-refractivity contribution in [3.05, 3.63) is 40.6 Å². The Kier molecular flexibility index (Phi) is 8.49. The minimum atomic E-state index is -0.685. The first-order chi connectivity index (χ1) is 17.5. The molecule has 4 rings (SSSR count). The number of methoxy groups -OCH3 is 2. The minimum absolute atomic E-state index is 0.0250. The van der Waals surface area contributed by atoms with Crippen LogP contribution < -0.4 is 14.8 Å². The molecule has 2 atom stereocenters. The lowest BCUT2D eigenvalue weighted by Crippen LogP contribution is -2.49. The van der Waals surface area contributed by atoms with Gasteiger partial charge in [0.25, 0.3) is 0 Å². The predicted molar refractivity (Wildman–Crippen MR) is 133 cm³/mol. The number of carbonyl (C=O) groups is 2. The summed E-state index contributed by atoms with van der Waals surface area (Å²) in [5.74, 6) is 0.940. The summed E-state index contributed by atoms with van der Waals surface area (Å²) >= 11 is 1.53. The molecule has 1 aliphatic heterocycles. The first-order valence-corrected chi connectivity index (χ1v) is 12.6. The number of ether oxygens (including phenoxy) is 3. The van der Waals surface area contributed by atoms with Gasteiger partial charge in [-0.2, -0.15) is 4.80 Å². The Morgan fingerprint density at radius 3 is 2.81 bits per heavy atom. The summed E-state index contributed by atoms with van der Waals surface area (Å²) in [4.78, 5) is 30.0. The topological polar surface area (TPSA) is 121 Å². The van der Waals surface area contributed by atoms with Crippen LogP contribution in [0.5, 0.6) is 11.5 Å². The van der Waals surface area contributed by atoms with E-state index in [1.807, 2.05) is 17.5 Å². The fraction of sp³-hybridized carbons (Fsp3) is 0.458. The van der Waals surface area contributed by atoms with Crippen LogP contribution in [0, 0.1) is 0 Å². The number of amides is 2. The number of aromatic nitrogens is 4. The van der Waals surface area contributed by atoms with E-state index in [1.54, 1.807) is 39.3 Å². The highest BCUT2D eigenvalue weighted by molar-refractivity contribution is 7.09. The third-order valence-electron chi connectivity index (χ3n) is 5.97. The largest absolute Gasteiger partial charge is 0.493 e. The monoisotopic (exact) mass is 514 g/mol. The Hall–Kier alpha value is -3.51.